The Balaban J connectivity index is 2.22. The van der Waals surface area contributed by atoms with E-state index in [0.717, 1.165) is 0 Å². The van der Waals surface area contributed by atoms with E-state index < -0.39 is 5.82 Å². The highest BCUT2D eigenvalue weighted by Gasteiger charge is 2.04. The van der Waals surface area contributed by atoms with Crippen LogP contribution in [0.1, 0.15) is 13.8 Å². The SMILES string of the molecule is CC(C)CNC(=O)NCCOc1ccc(F)cc1Cl. The van der Waals surface area contributed by atoms with Crippen LogP contribution in [0.25, 0.3) is 0 Å². The number of nitrogens with one attached hydrogen (secondary N) is 2. The van der Waals surface area contributed by atoms with Gasteiger partial charge in [0.2, 0.25) is 0 Å². The van der Waals surface area contributed by atoms with Gasteiger partial charge in [-0.25, -0.2) is 9.18 Å². The van der Waals surface area contributed by atoms with Crippen LogP contribution in [-0.2, 0) is 0 Å². The van der Waals surface area contributed by atoms with Crippen molar-refractivity contribution in [3.05, 3.63) is 29.0 Å². The number of halogens is 2. The molecule has 0 saturated carbocycles. The van der Waals surface area contributed by atoms with Crippen LogP contribution in [0.2, 0.25) is 5.02 Å². The summed E-state index contributed by atoms with van der Waals surface area (Å²) in [4.78, 5) is 11.3. The highest BCUT2D eigenvalue weighted by Crippen LogP contribution is 2.24. The molecule has 2 amide bonds. The van der Waals surface area contributed by atoms with Gasteiger partial charge >= 0.3 is 6.03 Å². The molecule has 1 aromatic carbocycles. The van der Waals surface area contributed by atoms with Gasteiger partial charge in [0.1, 0.15) is 18.2 Å². The Hall–Kier alpha value is -1.49. The Morgan fingerprint density at radius 2 is 2.16 bits per heavy atom. The Morgan fingerprint density at radius 1 is 1.42 bits per heavy atom. The van der Waals surface area contributed by atoms with E-state index in [1.54, 1.807) is 0 Å². The van der Waals surface area contributed by atoms with E-state index in [1.807, 2.05) is 13.8 Å². The van der Waals surface area contributed by atoms with Gasteiger partial charge in [-0.2, -0.15) is 0 Å². The highest BCUT2D eigenvalue weighted by atomic mass is 35.5. The zero-order chi connectivity index (χ0) is 14.3. The molecule has 0 aromatic heterocycles. The molecule has 1 aromatic rings. The largest absolute Gasteiger partial charge is 0.490 e. The number of hydrogen-bond acceptors (Lipinski definition) is 2. The van der Waals surface area contributed by atoms with Crippen molar-refractivity contribution < 1.29 is 13.9 Å². The maximum absolute atomic E-state index is 12.8. The van der Waals surface area contributed by atoms with E-state index in [0.29, 0.717) is 24.8 Å². The molecule has 1 rings (SSSR count). The van der Waals surface area contributed by atoms with E-state index in [2.05, 4.69) is 10.6 Å². The third-order valence-corrected chi connectivity index (χ3v) is 2.51. The van der Waals surface area contributed by atoms with Crippen LogP contribution in [0.15, 0.2) is 18.2 Å². The summed E-state index contributed by atoms with van der Waals surface area (Å²) >= 11 is 5.79. The summed E-state index contributed by atoms with van der Waals surface area (Å²) in [5.41, 5.74) is 0. The van der Waals surface area contributed by atoms with Gasteiger partial charge in [-0.1, -0.05) is 25.4 Å². The smallest absolute Gasteiger partial charge is 0.314 e. The van der Waals surface area contributed by atoms with Crippen LogP contribution in [0.4, 0.5) is 9.18 Å². The normalized spacial score (nSPS) is 10.4. The summed E-state index contributed by atoms with van der Waals surface area (Å²) < 4.78 is 18.1. The van der Waals surface area contributed by atoms with Crippen LogP contribution in [0, 0.1) is 11.7 Å². The second-order valence-electron chi connectivity index (χ2n) is 4.45. The predicted molar refractivity (Wildman–Crippen MR) is 73.1 cm³/mol. The molecule has 0 heterocycles. The fourth-order valence-corrected chi connectivity index (χ4v) is 1.50. The molecule has 0 fully saturated rings. The zero-order valence-electron chi connectivity index (χ0n) is 11.0. The molecule has 0 aliphatic heterocycles. The summed E-state index contributed by atoms with van der Waals surface area (Å²) in [6, 6.07) is 3.67. The quantitative estimate of drug-likeness (QED) is 0.791. The predicted octanol–water partition coefficient (Wildman–Crippen LogP) is 2.81. The average Bonchev–Trinajstić information content (AvgIpc) is 2.34. The highest BCUT2D eigenvalue weighted by molar-refractivity contribution is 6.32. The van der Waals surface area contributed by atoms with Crippen LogP contribution in [0.3, 0.4) is 0 Å². The Bertz CT molecular complexity index is 427. The monoisotopic (exact) mass is 288 g/mol. The molecule has 2 N–H and O–H groups in total. The lowest BCUT2D eigenvalue weighted by molar-refractivity contribution is 0.235. The van der Waals surface area contributed by atoms with Crippen LogP contribution >= 0.6 is 11.6 Å². The molecule has 0 bridgehead atoms. The standard InChI is InChI=1S/C13H18ClFN2O2/c1-9(2)8-17-13(18)16-5-6-19-12-4-3-10(15)7-11(12)14/h3-4,7,9H,5-6,8H2,1-2H3,(H2,16,17,18). The first kappa shape index (κ1) is 15.6. The lowest BCUT2D eigenvalue weighted by Crippen LogP contribution is -2.39. The second kappa shape index (κ2) is 7.84. The molecular weight excluding hydrogens is 271 g/mol. The fraction of sp³-hybridized carbons (Fsp3) is 0.462. The first-order chi connectivity index (χ1) is 8.99. The van der Waals surface area contributed by atoms with Crippen molar-refractivity contribution in [1.29, 1.82) is 0 Å². The van der Waals surface area contributed by atoms with Crippen LogP contribution < -0.4 is 15.4 Å². The van der Waals surface area contributed by atoms with Crippen molar-refractivity contribution >= 4 is 17.6 Å². The molecule has 0 radical (unpaired) electrons. The summed E-state index contributed by atoms with van der Waals surface area (Å²) in [6.45, 7) is 5.26. The van der Waals surface area contributed by atoms with Gasteiger partial charge in [0, 0.05) is 6.54 Å². The van der Waals surface area contributed by atoms with E-state index in [1.165, 1.54) is 18.2 Å². The molecule has 0 aliphatic carbocycles. The van der Waals surface area contributed by atoms with Crippen LogP contribution in [0.5, 0.6) is 5.75 Å². The third-order valence-electron chi connectivity index (χ3n) is 2.21. The fourth-order valence-electron chi connectivity index (χ4n) is 1.28. The number of amides is 2. The third kappa shape index (κ3) is 6.29. The number of rotatable bonds is 6. The Labute approximate surface area is 117 Å². The summed E-state index contributed by atoms with van der Waals surface area (Å²) in [5, 5.41) is 5.58. The summed E-state index contributed by atoms with van der Waals surface area (Å²) in [6.07, 6.45) is 0. The van der Waals surface area contributed by atoms with Crippen molar-refractivity contribution in [3.8, 4) is 5.75 Å². The lowest BCUT2D eigenvalue weighted by atomic mass is 10.2. The van der Waals surface area contributed by atoms with Gasteiger partial charge in [0.25, 0.3) is 0 Å². The zero-order valence-corrected chi connectivity index (χ0v) is 11.8. The molecule has 4 nitrogen and oxygen atoms in total. The molecule has 0 atom stereocenters. The minimum atomic E-state index is -0.413. The van der Waals surface area contributed by atoms with Gasteiger partial charge in [-0.05, 0) is 24.1 Å². The first-order valence-corrected chi connectivity index (χ1v) is 6.46. The minimum absolute atomic E-state index is 0.212. The molecule has 106 valence electrons. The molecule has 0 aliphatic rings. The number of ether oxygens (including phenoxy) is 1. The number of benzene rings is 1. The molecule has 6 heteroatoms. The van der Waals surface area contributed by atoms with Gasteiger partial charge < -0.3 is 15.4 Å². The number of urea groups is 1. The topological polar surface area (TPSA) is 50.4 Å². The number of carbonyl (C=O) groups is 1. The lowest BCUT2D eigenvalue weighted by Gasteiger charge is -2.11. The molecule has 0 unspecified atom stereocenters. The van der Waals surface area contributed by atoms with E-state index >= 15 is 0 Å². The maximum Gasteiger partial charge on any atom is 0.314 e. The molecule has 0 spiro atoms. The van der Waals surface area contributed by atoms with Crippen molar-refractivity contribution in [2.75, 3.05) is 19.7 Å². The van der Waals surface area contributed by atoms with E-state index in [4.69, 9.17) is 16.3 Å². The van der Waals surface area contributed by atoms with Crippen molar-refractivity contribution in [2.45, 2.75) is 13.8 Å². The minimum Gasteiger partial charge on any atom is -0.490 e. The summed E-state index contributed by atoms with van der Waals surface area (Å²) in [7, 11) is 0. The van der Waals surface area contributed by atoms with Crippen molar-refractivity contribution in [1.82, 2.24) is 10.6 Å². The van der Waals surface area contributed by atoms with Crippen molar-refractivity contribution in [2.24, 2.45) is 5.92 Å². The Morgan fingerprint density at radius 3 is 2.79 bits per heavy atom. The van der Waals surface area contributed by atoms with Gasteiger partial charge in [0.05, 0.1) is 11.6 Å². The first-order valence-electron chi connectivity index (χ1n) is 6.08. The van der Waals surface area contributed by atoms with E-state index in [9.17, 15) is 9.18 Å². The molecule has 19 heavy (non-hydrogen) atoms. The van der Waals surface area contributed by atoms with Gasteiger partial charge in [-0.15, -0.1) is 0 Å². The molecular formula is C13H18ClFN2O2. The van der Waals surface area contributed by atoms with Gasteiger partial charge in [0.15, 0.2) is 0 Å². The van der Waals surface area contributed by atoms with E-state index in [-0.39, 0.29) is 17.7 Å². The average molecular weight is 289 g/mol. The van der Waals surface area contributed by atoms with Crippen molar-refractivity contribution in [3.63, 3.8) is 0 Å². The number of hydrogen-bond donors (Lipinski definition) is 2. The van der Waals surface area contributed by atoms with Crippen LogP contribution in [-0.4, -0.2) is 25.7 Å². The van der Waals surface area contributed by atoms with Gasteiger partial charge in [-0.3, -0.25) is 0 Å². The number of carbonyl (C=O) groups excluding carboxylic acids is 1. The Kier molecular flexibility index (Phi) is 6.42. The molecule has 0 saturated heterocycles. The maximum atomic E-state index is 12.8. The summed E-state index contributed by atoms with van der Waals surface area (Å²) in [5.74, 6) is 0.385. The second-order valence-corrected chi connectivity index (χ2v) is 4.86.